The van der Waals surface area contributed by atoms with Crippen LogP contribution in [0, 0.1) is 0 Å². The highest BCUT2D eigenvalue weighted by Crippen LogP contribution is 2.16. The Morgan fingerprint density at radius 2 is 2.12 bits per heavy atom. The Hall–Kier alpha value is -1.29. The smallest absolute Gasteiger partial charge is 0.0747 e. The van der Waals surface area contributed by atoms with Crippen LogP contribution in [-0.2, 0) is 4.74 Å². The minimum atomic E-state index is 0.353. The Morgan fingerprint density at radius 3 is 2.82 bits per heavy atom. The molecule has 1 aromatic rings. The fraction of sp³-hybridized carbons (Fsp3) is 0.615. The summed E-state index contributed by atoms with van der Waals surface area (Å²) in [4.78, 5) is 4.20. The molecule has 2 N–H and O–H groups in total. The maximum Gasteiger partial charge on any atom is 0.0747 e. The van der Waals surface area contributed by atoms with E-state index in [2.05, 4.69) is 28.6 Å². The highest BCUT2D eigenvalue weighted by molar-refractivity contribution is 5.53. The Bertz CT molecular complexity index is 337. The number of aromatic nitrogens is 1. The van der Waals surface area contributed by atoms with Gasteiger partial charge in [0.1, 0.15) is 0 Å². The van der Waals surface area contributed by atoms with E-state index in [4.69, 9.17) is 4.74 Å². The maximum absolute atomic E-state index is 5.68. The monoisotopic (exact) mass is 235 g/mol. The van der Waals surface area contributed by atoms with Gasteiger partial charge in [-0.25, -0.2) is 0 Å². The molecule has 0 aromatic carbocycles. The molecular formula is C13H21N3O. The highest BCUT2D eigenvalue weighted by atomic mass is 16.5. The summed E-state index contributed by atoms with van der Waals surface area (Å²) in [6, 6.07) is 2.08. The van der Waals surface area contributed by atoms with Gasteiger partial charge >= 0.3 is 0 Å². The molecule has 2 heterocycles. The molecule has 0 radical (unpaired) electrons. The van der Waals surface area contributed by atoms with Gasteiger partial charge < -0.3 is 15.4 Å². The van der Waals surface area contributed by atoms with Crippen LogP contribution in [0.3, 0.4) is 0 Å². The molecule has 1 aromatic heterocycles. The molecular weight excluding hydrogens is 214 g/mol. The second-order valence-electron chi connectivity index (χ2n) is 4.36. The van der Waals surface area contributed by atoms with Crippen molar-refractivity contribution in [3.8, 4) is 0 Å². The lowest BCUT2D eigenvalue weighted by atomic mass is 10.1. The predicted molar refractivity (Wildman–Crippen MR) is 70.5 cm³/mol. The Labute approximate surface area is 103 Å². The van der Waals surface area contributed by atoms with E-state index in [1.54, 1.807) is 0 Å². The molecule has 2 rings (SSSR count). The fourth-order valence-corrected chi connectivity index (χ4v) is 2.04. The standard InChI is InChI=1S/C13H21N3O/c1-2-15-11-7-12(9-14-8-11)16-10-13-5-3-4-6-17-13/h7-9,13,15-16H,2-6,10H2,1H3. The van der Waals surface area contributed by atoms with E-state index < -0.39 is 0 Å². The summed E-state index contributed by atoms with van der Waals surface area (Å²) in [5.74, 6) is 0. The number of rotatable bonds is 5. The van der Waals surface area contributed by atoms with Crippen LogP contribution in [0.25, 0.3) is 0 Å². The van der Waals surface area contributed by atoms with Crippen LogP contribution in [0.5, 0.6) is 0 Å². The molecule has 4 heteroatoms. The van der Waals surface area contributed by atoms with Gasteiger partial charge in [0.15, 0.2) is 0 Å². The average Bonchev–Trinajstić information content (AvgIpc) is 2.39. The first-order valence-corrected chi connectivity index (χ1v) is 6.43. The fourth-order valence-electron chi connectivity index (χ4n) is 2.04. The zero-order chi connectivity index (χ0) is 11.9. The third kappa shape index (κ3) is 3.89. The third-order valence-electron chi connectivity index (χ3n) is 2.93. The van der Waals surface area contributed by atoms with Gasteiger partial charge in [-0.3, -0.25) is 4.98 Å². The van der Waals surface area contributed by atoms with Crippen molar-refractivity contribution in [3.05, 3.63) is 18.5 Å². The molecule has 0 bridgehead atoms. The third-order valence-corrected chi connectivity index (χ3v) is 2.93. The van der Waals surface area contributed by atoms with E-state index in [-0.39, 0.29) is 0 Å². The maximum atomic E-state index is 5.68. The van der Waals surface area contributed by atoms with Gasteiger partial charge in [-0.15, -0.1) is 0 Å². The van der Waals surface area contributed by atoms with Crippen LogP contribution in [0.1, 0.15) is 26.2 Å². The lowest BCUT2D eigenvalue weighted by Gasteiger charge is -2.23. The van der Waals surface area contributed by atoms with Gasteiger partial charge in [0.25, 0.3) is 0 Å². The molecule has 0 amide bonds. The summed E-state index contributed by atoms with van der Waals surface area (Å²) in [6.45, 7) is 4.77. The van der Waals surface area contributed by atoms with Gasteiger partial charge in [-0.1, -0.05) is 0 Å². The zero-order valence-corrected chi connectivity index (χ0v) is 10.4. The van der Waals surface area contributed by atoms with Crippen molar-refractivity contribution in [2.45, 2.75) is 32.3 Å². The van der Waals surface area contributed by atoms with E-state index in [1.165, 1.54) is 12.8 Å². The summed E-state index contributed by atoms with van der Waals surface area (Å²) >= 11 is 0. The van der Waals surface area contributed by atoms with Crippen molar-refractivity contribution in [2.75, 3.05) is 30.3 Å². The topological polar surface area (TPSA) is 46.2 Å². The first-order chi connectivity index (χ1) is 8.38. The molecule has 1 fully saturated rings. The van der Waals surface area contributed by atoms with Crippen LogP contribution in [0.4, 0.5) is 11.4 Å². The summed E-state index contributed by atoms with van der Waals surface area (Å²) in [6.07, 6.45) is 7.69. The highest BCUT2D eigenvalue weighted by Gasteiger charge is 2.13. The van der Waals surface area contributed by atoms with Crippen molar-refractivity contribution >= 4 is 11.4 Å². The minimum absolute atomic E-state index is 0.353. The number of ether oxygens (including phenoxy) is 1. The lowest BCUT2D eigenvalue weighted by molar-refractivity contribution is 0.0247. The van der Waals surface area contributed by atoms with Crippen molar-refractivity contribution in [1.29, 1.82) is 0 Å². The molecule has 1 atom stereocenters. The van der Waals surface area contributed by atoms with Crippen LogP contribution in [0.2, 0.25) is 0 Å². The molecule has 1 unspecified atom stereocenters. The van der Waals surface area contributed by atoms with E-state index in [1.807, 2.05) is 12.4 Å². The number of anilines is 2. The Kier molecular flexibility index (Phi) is 4.62. The van der Waals surface area contributed by atoms with Gasteiger partial charge in [0, 0.05) is 19.7 Å². The van der Waals surface area contributed by atoms with Crippen LogP contribution >= 0.6 is 0 Å². The molecule has 94 valence electrons. The number of hydrogen-bond acceptors (Lipinski definition) is 4. The van der Waals surface area contributed by atoms with E-state index >= 15 is 0 Å². The van der Waals surface area contributed by atoms with Gasteiger partial charge in [0.05, 0.1) is 29.9 Å². The molecule has 0 aliphatic carbocycles. The molecule has 4 nitrogen and oxygen atoms in total. The van der Waals surface area contributed by atoms with Crippen molar-refractivity contribution in [3.63, 3.8) is 0 Å². The molecule has 0 saturated carbocycles. The molecule has 1 saturated heterocycles. The molecule has 1 aliphatic heterocycles. The molecule has 17 heavy (non-hydrogen) atoms. The van der Waals surface area contributed by atoms with Crippen LogP contribution < -0.4 is 10.6 Å². The number of hydrogen-bond donors (Lipinski definition) is 2. The predicted octanol–water partition coefficient (Wildman–Crippen LogP) is 2.49. The Morgan fingerprint density at radius 1 is 1.29 bits per heavy atom. The van der Waals surface area contributed by atoms with Gasteiger partial charge in [0.2, 0.25) is 0 Å². The summed E-state index contributed by atoms with van der Waals surface area (Å²) < 4.78 is 5.68. The van der Waals surface area contributed by atoms with Crippen LogP contribution in [0.15, 0.2) is 18.5 Å². The minimum Gasteiger partial charge on any atom is -0.384 e. The summed E-state index contributed by atoms with van der Waals surface area (Å²) in [5, 5.41) is 6.64. The number of nitrogens with one attached hydrogen (secondary N) is 2. The van der Waals surface area contributed by atoms with Crippen molar-refractivity contribution < 1.29 is 4.74 Å². The second kappa shape index (κ2) is 6.45. The normalized spacial score (nSPS) is 19.9. The summed E-state index contributed by atoms with van der Waals surface area (Å²) in [5.41, 5.74) is 2.11. The largest absolute Gasteiger partial charge is 0.384 e. The van der Waals surface area contributed by atoms with E-state index in [9.17, 15) is 0 Å². The second-order valence-corrected chi connectivity index (χ2v) is 4.36. The SMILES string of the molecule is CCNc1cncc(NCC2CCCCO2)c1. The Balaban J connectivity index is 1.83. The number of pyridine rings is 1. The first-order valence-electron chi connectivity index (χ1n) is 6.43. The van der Waals surface area contributed by atoms with Crippen molar-refractivity contribution in [1.82, 2.24) is 4.98 Å². The quantitative estimate of drug-likeness (QED) is 0.823. The van der Waals surface area contributed by atoms with E-state index in [0.29, 0.717) is 6.10 Å². The molecule has 0 spiro atoms. The molecule has 1 aliphatic rings. The van der Waals surface area contributed by atoms with Crippen molar-refractivity contribution in [2.24, 2.45) is 0 Å². The average molecular weight is 235 g/mol. The van der Waals surface area contributed by atoms with Gasteiger partial charge in [-0.05, 0) is 32.3 Å². The first kappa shape index (κ1) is 12.2. The van der Waals surface area contributed by atoms with E-state index in [0.717, 1.165) is 37.5 Å². The zero-order valence-electron chi connectivity index (χ0n) is 10.4. The lowest BCUT2D eigenvalue weighted by Crippen LogP contribution is -2.27. The summed E-state index contributed by atoms with van der Waals surface area (Å²) in [7, 11) is 0. The van der Waals surface area contributed by atoms with Gasteiger partial charge in [-0.2, -0.15) is 0 Å². The number of nitrogens with zero attached hydrogens (tertiary/aromatic N) is 1. The van der Waals surface area contributed by atoms with Crippen LogP contribution in [-0.4, -0.2) is 30.8 Å².